The number of nitrogens with two attached hydrogens (primary N) is 1. The van der Waals surface area contributed by atoms with Gasteiger partial charge in [-0.2, -0.15) is 0 Å². The summed E-state index contributed by atoms with van der Waals surface area (Å²) in [5, 5.41) is 0.155. The normalized spacial score (nSPS) is 12.4. The zero-order chi connectivity index (χ0) is 13.3. The number of methoxy groups -OCH3 is 1. The van der Waals surface area contributed by atoms with E-state index in [0.717, 1.165) is 11.5 Å². The Kier molecular flexibility index (Phi) is 3.77. The Morgan fingerprint density at radius 1 is 1.12 bits per heavy atom. The summed E-state index contributed by atoms with van der Waals surface area (Å²) in [6, 6.07) is 5.49. The maximum absolute atomic E-state index is 6.20. The third-order valence-corrected chi connectivity index (χ3v) is 7.70. The summed E-state index contributed by atoms with van der Waals surface area (Å²) in [4.78, 5) is 0. The molecule has 0 atom stereocenters. The lowest BCUT2D eigenvalue weighted by molar-refractivity contribution is 0.386. The van der Waals surface area contributed by atoms with E-state index in [2.05, 4.69) is 33.9 Å². The lowest BCUT2D eigenvalue weighted by Crippen LogP contribution is -2.43. The van der Waals surface area contributed by atoms with Gasteiger partial charge in [0.25, 0.3) is 8.32 Å². The summed E-state index contributed by atoms with van der Waals surface area (Å²) in [6.45, 7) is 11.0. The van der Waals surface area contributed by atoms with Crippen LogP contribution in [0.15, 0.2) is 18.2 Å². The summed E-state index contributed by atoms with van der Waals surface area (Å²) >= 11 is 0. The van der Waals surface area contributed by atoms with Crippen LogP contribution in [0, 0.1) is 0 Å². The molecule has 0 spiro atoms. The second-order valence-electron chi connectivity index (χ2n) is 5.77. The zero-order valence-corrected chi connectivity index (χ0v) is 12.6. The van der Waals surface area contributed by atoms with Gasteiger partial charge in [-0.1, -0.05) is 20.8 Å². The molecule has 0 unspecified atom stereocenters. The number of ether oxygens (including phenoxy) is 1. The second-order valence-corrected chi connectivity index (χ2v) is 10.5. The van der Waals surface area contributed by atoms with E-state index in [1.54, 1.807) is 7.11 Å². The number of benzene rings is 1. The molecule has 0 heterocycles. The molecule has 0 fully saturated rings. The van der Waals surface area contributed by atoms with E-state index in [9.17, 15) is 0 Å². The molecule has 0 saturated heterocycles. The second kappa shape index (κ2) is 4.60. The smallest absolute Gasteiger partial charge is 0.250 e. The molecule has 0 aliphatic rings. The van der Waals surface area contributed by atoms with Gasteiger partial charge in [-0.15, -0.1) is 0 Å². The molecule has 4 heteroatoms. The van der Waals surface area contributed by atoms with Gasteiger partial charge in [0.1, 0.15) is 5.75 Å². The number of rotatable bonds is 3. The van der Waals surface area contributed by atoms with Gasteiger partial charge in [-0.3, -0.25) is 0 Å². The van der Waals surface area contributed by atoms with Gasteiger partial charge in [-0.25, -0.2) is 0 Å². The first-order chi connectivity index (χ1) is 7.67. The summed E-state index contributed by atoms with van der Waals surface area (Å²) in [5.41, 5.74) is 6.48. The van der Waals surface area contributed by atoms with Gasteiger partial charge in [0.2, 0.25) is 0 Å². The van der Waals surface area contributed by atoms with Crippen molar-refractivity contribution in [2.24, 2.45) is 0 Å². The van der Waals surface area contributed by atoms with E-state index in [0.29, 0.717) is 5.69 Å². The number of hydrogen-bond acceptors (Lipinski definition) is 3. The Bertz CT molecular complexity index is 397. The maximum Gasteiger partial charge on any atom is 0.250 e. The number of anilines is 1. The molecule has 0 radical (unpaired) electrons. The lowest BCUT2D eigenvalue weighted by atomic mass is 10.2. The molecule has 3 nitrogen and oxygen atoms in total. The highest BCUT2D eigenvalue weighted by Gasteiger charge is 2.39. The molecule has 0 bridgehead atoms. The summed E-state index contributed by atoms with van der Waals surface area (Å²) < 4.78 is 11.5. The third-order valence-electron chi connectivity index (χ3n) is 3.36. The molecule has 0 aromatic heterocycles. The van der Waals surface area contributed by atoms with E-state index >= 15 is 0 Å². The zero-order valence-electron chi connectivity index (χ0n) is 11.6. The van der Waals surface area contributed by atoms with Crippen LogP contribution in [-0.4, -0.2) is 15.4 Å². The van der Waals surface area contributed by atoms with E-state index in [-0.39, 0.29) is 5.04 Å². The van der Waals surface area contributed by atoms with Crippen LogP contribution in [-0.2, 0) is 0 Å². The molecule has 0 aliphatic heterocycles. The molecule has 0 aliphatic carbocycles. The Balaban J connectivity index is 3.06. The first kappa shape index (κ1) is 13.9. The molecule has 96 valence electrons. The first-order valence-electron chi connectivity index (χ1n) is 5.80. The molecule has 1 aromatic rings. The minimum Gasteiger partial charge on any atom is -0.541 e. The van der Waals surface area contributed by atoms with Crippen LogP contribution in [0.25, 0.3) is 0 Å². The van der Waals surface area contributed by atoms with Gasteiger partial charge in [0.15, 0.2) is 5.75 Å². The third kappa shape index (κ3) is 3.16. The Morgan fingerprint density at radius 2 is 1.71 bits per heavy atom. The van der Waals surface area contributed by atoms with E-state index < -0.39 is 8.32 Å². The fraction of sp³-hybridized carbons (Fsp3) is 0.538. The van der Waals surface area contributed by atoms with Crippen LogP contribution >= 0.6 is 0 Å². The highest BCUT2D eigenvalue weighted by molar-refractivity contribution is 6.74. The minimum atomic E-state index is -1.85. The van der Waals surface area contributed by atoms with Crippen LogP contribution in [0.2, 0.25) is 18.1 Å². The molecule has 1 aromatic carbocycles. The van der Waals surface area contributed by atoms with Crippen LogP contribution in [0.5, 0.6) is 11.5 Å². The van der Waals surface area contributed by atoms with Gasteiger partial charge < -0.3 is 14.9 Å². The number of hydrogen-bond donors (Lipinski definition) is 1. The van der Waals surface area contributed by atoms with Crippen LogP contribution in [0.3, 0.4) is 0 Å². The fourth-order valence-corrected chi connectivity index (χ4v) is 2.22. The van der Waals surface area contributed by atoms with E-state index in [4.69, 9.17) is 14.9 Å². The molecular formula is C13H23NO2Si. The molecule has 0 saturated carbocycles. The summed E-state index contributed by atoms with van der Waals surface area (Å²) in [7, 11) is -0.209. The molecule has 17 heavy (non-hydrogen) atoms. The van der Waals surface area contributed by atoms with Crippen molar-refractivity contribution < 1.29 is 9.16 Å². The Hall–Kier alpha value is -1.16. The quantitative estimate of drug-likeness (QED) is 0.660. The number of nitrogen functional groups attached to an aromatic ring is 1. The first-order valence-corrected chi connectivity index (χ1v) is 8.71. The van der Waals surface area contributed by atoms with Crippen LogP contribution in [0.4, 0.5) is 5.69 Å². The summed E-state index contributed by atoms with van der Waals surface area (Å²) in [5.74, 6) is 1.49. The van der Waals surface area contributed by atoms with Crippen molar-refractivity contribution in [2.75, 3.05) is 12.8 Å². The monoisotopic (exact) mass is 253 g/mol. The van der Waals surface area contributed by atoms with Crippen molar-refractivity contribution >= 4 is 14.0 Å². The topological polar surface area (TPSA) is 44.5 Å². The average Bonchev–Trinajstić information content (AvgIpc) is 2.15. The largest absolute Gasteiger partial charge is 0.541 e. The van der Waals surface area contributed by atoms with Crippen molar-refractivity contribution in [1.29, 1.82) is 0 Å². The molecular weight excluding hydrogens is 230 g/mol. The predicted octanol–water partition coefficient (Wildman–Crippen LogP) is 3.66. The molecule has 2 N–H and O–H groups in total. The van der Waals surface area contributed by atoms with E-state index in [1.807, 2.05) is 18.2 Å². The Labute approximate surface area is 105 Å². The lowest BCUT2D eigenvalue weighted by Gasteiger charge is -2.36. The van der Waals surface area contributed by atoms with Crippen LogP contribution in [0.1, 0.15) is 20.8 Å². The predicted molar refractivity (Wildman–Crippen MR) is 75.2 cm³/mol. The highest BCUT2D eigenvalue weighted by atomic mass is 28.4. The van der Waals surface area contributed by atoms with Crippen LogP contribution < -0.4 is 14.9 Å². The summed E-state index contributed by atoms with van der Waals surface area (Å²) in [6.07, 6.45) is 0. The van der Waals surface area contributed by atoms with Gasteiger partial charge in [0, 0.05) is 11.8 Å². The molecule has 1 rings (SSSR count). The maximum atomic E-state index is 6.20. The van der Waals surface area contributed by atoms with Crippen molar-refractivity contribution in [3.63, 3.8) is 0 Å². The molecule has 0 amide bonds. The SMILES string of the molecule is COc1ccc(N)cc1O[Si](C)(C)C(C)(C)C. The van der Waals surface area contributed by atoms with Gasteiger partial charge in [0.05, 0.1) is 7.11 Å². The minimum absolute atomic E-state index is 0.155. The van der Waals surface area contributed by atoms with Crippen molar-refractivity contribution in [3.05, 3.63) is 18.2 Å². The van der Waals surface area contributed by atoms with Crippen molar-refractivity contribution in [3.8, 4) is 11.5 Å². The van der Waals surface area contributed by atoms with Gasteiger partial charge in [-0.05, 0) is 30.3 Å². The van der Waals surface area contributed by atoms with Crippen molar-refractivity contribution in [2.45, 2.75) is 38.9 Å². The fourth-order valence-electron chi connectivity index (χ4n) is 1.20. The highest BCUT2D eigenvalue weighted by Crippen LogP contribution is 2.40. The van der Waals surface area contributed by atoms with Gasteiger partial charge >= 0.3 is 0 Å². The van der Waals surface area contributed by atoms with E-state index in [1.165, 1.54) is 0 Å². The average molecular weight is 253 g/mol. The Morgan fingerprint density at radius 3 is 2.18 bits per heavy atom. The standard InChI is InChI=1S/C13H23NO2Si/c1-13(2,3)17(5,6)16-12-9-10(14)7-8-11(12)15-4/h7-9H,14H2,1-6H3. The van der Waals surface area contributed by atoms with Crippen molar-refractivity contribution in [1.82, 2.24) is 0 Å².